The van der Waals surface area contributed by atoms with Crippen molar-refractivity contribution >= 4 is 5.52 Å². The van der Waals surface area contributed by atoms with Crippen LogP contribution in [0.2, 0.25) is 0 Å². The zero-order chi connectivity index (χ0) is 10.1. The fraction of sp³-hybridized carbons (Fsp3) is 0.364. The fourth-order valence-corrected chi connectivity index (χ4v) is 1.62. The first-order valence-electron chi connectivity index (χ1n) is 4.74. The van der Waals surface area contributed by atoms with Crippen LogP contribution in [0.5, 0.6) is 5.75 Å². The largest absolute Gasteiger partial charge is 0.494 e. The van der Waals surface area contributed by atoms with Crippen molar-refractivity contribution in [2.24, 2.45) is 0 Å². The second-order valence-electron chi connectivity index (χ2n) is 3.62. The van der Waals surface area contributed by atoms with Crippen molar-refractivity contribution < 1.29 is 4.74 Å². The van der Waals surface area contributed by atoms with E-state index in [4.69, 9.17) is 4.74 Å². The number of ether oxygens (including phenoxy) is 1. The molecule has 2 heterocycles. The van der Waals surface area contributed by atoms with Crippen molar-refractivity contribution in [1.82, 2.24) is 9.61 Å². The quantitative estimate of drug-likeness (QED) is 0.727. The standard InChI is InChI=1S/C11H14N2O/c1-8(2)9-7-12-13-6-4-5-10(14-3)11(9)13/h4-8H,1-3H3. The number of rotatable bonds is 2. The van der Waals surface area contributed by atoms with Crippen LogP contribution in [0.1, 0.15) is 25.3 Å². The molecular weight excluding hydrogens is 176 g/mol. The Bertz CT molecular complexity index is 445. The zero-order valence-electron chi connectivity index (χ0n) is 8.69. The highest BCUT2D eigenvalue weighted by Crippen LogP contribution is 2.27. The van der Waals surface area contributed by atoms with Gasteiger partial charge in [0.2, 0.25) is 0 Å². The van der Waals surface area contributed by atoms with Gasteiger partial charge in [0.1, 0.15) is 11.3 Å². The van der Waals surface area contributed by atoms with Crippen molar-refractivity contribution in [3.05, 3.63) is 30.1 Å². The van der Waals surface area contributed by atoms with E-state index in [1.807, 2.05) is 29.0 Å². The van der Waals surface area contributed by atoms with Gasteiger partial charge in [0.15, 0.2) is 0 Å². The molecule has 0 aliphatic heterocycles. The molecule has 0 spiro atoms. The van der Waals surface area contributed by atoms with Gasteiger partial charge in [0.05, 0.1) is 13.3 Å². The third-order valence-corrected chi connectivity index (χ3v) is 2.37. The minimum Gasteiger partial charge on any atom is -0.494 e. The lowest BCUT2D eigenvalue weighted by Gasteiger charge is -2.06. The lowest BCUT2D eigenvalue weighted by atomic mass is 10.1. The summed E-state index contributed by atoms with van der Waals surface area (Å²) < 4.78 is 7.17. The highest BCUT2D eigenvalue weighted by Gasteiger charge is 2.11. The summed E-state index contributed by atoms with van der Waals surface area (Å²) >= 11 is 0. The molecule has 0 radical (unpaired) electrons. The summed E-state index contributed by atoms with van der Waals surface area (Å²) in [5.41, 5.74) is 2.30. The number of hydrogen-bond acceptors (Lipinski definition) is 2. The molecule has 74 valence electrons. The molecular formula is C11H14N2O. The van der Waals surface area contributed by atoms with Crippen LogP contribution in [0, 0.1) is 0 Å². The van der Waals surface area contributed by atoms with Gasteiger partial charge in [0.25, 0.3) is 0 Å². The molecule has 0 saturated carbocycles. The van der Waals surface area contributed by atoms with E-state index >= 15 is 0 Å². The van der Waals surface area contributed by atoms with Gasteiger partial charge >= 0.3 is 0 Å². The third kappa shape index (κ3) is 1.25. The number of fused-ring (bicyclic) bond motifs is 1. The van der Waals surface area contributed by atoms with Gasteiger partial charge in [-0.2, -0.15) is 5.10 Å². The Labute approximate surface area is 83.3 Å². The van der Waals surface area contributed by atoms with Crippen LogP contribution in [-0.2, 0) is 0 Å². The Hall–Kier alpha value is -1.51. The Balaban J connectivity index is 2.74. The first-order valence-corrected chi connectivity index (χ1v) is 4.74. The summed E-state index contributed by atoms with van der Waals surface area (Å²) in [6.07, 6.45) is 3.84. The lowest BCUT2D eigenvalue weighted by molar-refractivity contribution is 0.417. The Morgan fingerprint density at radius 1 is 1.43 bits per heavy atom. The maximum absolute atomic E-state index is 5.32. The van der Waals surface area contributed by atoms with E-state index < -0.39 is 0 Å². The van der Waals surface area contributed by atoms with Crippen LogP contribution in [0.3, 0.4) is 0 Å². The molecule has 0 bridgehead atoms. The van der Waals surface area contributed by atoms with Crippen LogP contribution in [0.25, 0.3) is 5.52 Å². The summed E-state index contributed by atoms with van der Waals surface area (Å²) in [5, 5.41) is 4.29. The van der Waals surface area contributed by atoms with Gasteiger partial charge in [-0.25, -0.2) is 4.52 Å². The number of hydrogen-bond donors (Lipinski definition) is 0. The molecule has 3 heteroatoms. The molecule has 2 aromatic rings. The topological polar surface area (TPSA) is 26.5 Å². The fourth-order valence-electron chi connectivity index (χ4n) is 1.62. The molecule has 0 amide bonds. The molecule has 0 N–H and O–H groups in total. The van der Waals surface area contributed by atoms with E-state index in [0.29, 0.717) is 5.92 Å². The average molecular weight is 190 g/mol. The van der Waals surface area contributed by atoms with Gasteiger partial charge in [-0.1, -0.05) is 13.8 Å². The Morgan fingerprint density at radius 2 is 2.21 bits per heavy atom. The zero-order valence-corrected chi connectivity index (χ0v) is 8.69. The Morgan fingerprint density at radius 3 is 2.86 bits per heavy atom. The molecule has 0 aromatic carbocycles. The van der Waals surface area contributed by atoms with E-state index in [1.165, 1.54) is 5.56 Å². The molecule has 3 nitrogen and oxygen atoms in total. The van der Waals surface area contributed by atoms with E-state index in [1.54, 1.807) is 7.11 Å². The second kappa shape index (κ2) is 3.33. The molecule has 0 aliphatic rings. The van der Waals surface area contributed by atoms with E-state index in [9.17, 15) is 0 Å². The molecule has 0 fully saturated rings. The van der Waals surface area contributed by atoms with Crippen molar-refractivity contribution in [3.63, 3.8) is 0 Å². The van der Waals surface area contributed by atoms with Gasteiger partial charge in [0, 0.05) is 11.8 Å². The van der Waals surface area contributed by atoms with Crippen molar-refractivity contribution in [1.29, 1.82) is 0 Å². The monoisotopic (exact) mass is 190 g/mol. The maximum atomic E-state index is 5.32. The number of aromatic nitrogens is 2. The molecule has 2 rings (SSSR count). The summed E-state index contributed by atoms with van der Waals surface area (Å²) in [6.45, 7) is 4.31. The van der Waals surface area contributed by atoms with Crippen LogP contribution in [-0.4, -0.2) is 16.7 Å². The van der Waals surface area contributed by atoms with Gasteiger partial charge < -0.3 is 4.74 Å². The second-order valence-corrected chi connectivity index (χ2v) is 3.62. The van der Waals surface area contributed by atoms with E-state index in [0.717, 1.165) is 11.3 Å². The van der Waals surface area contributed by atoms with Crippen LogP contribution in [0.4, 0.5) is 0 Å². The molecule has 0 aliphatic carbocycles. The third-order valence-electron chi connectivity index (χ3n) is 2.37. The molecule has 14 heavy (non-hydrogen) atoms. The summed E-state index contributed by atoms with van der Waals surface area (Å²) in [6, 6.07) is 3.89. The van der Waals surface area contributed by atoms with Crippen LogP contribution >= 0.6 is 0 Å². The highest BCUT2D eigenvalue weighted by atomic mass is 16.5. The minimum atomic E-state index is 0.462. The lowest BCUT2D eigenvalue weighted by Crippen LogP contribution is -1.93. The van der Waals surface area contributed by atoms with Gasteiger partial charge in [-0.3, -0.25) is 0 Å². The Kier molecular flexibility index (Phi) is 2.15. The molecule has 0 saturated heterocycles. The van der Waals surface area contributed by atoms with E-state index in [-0.39, 0.29) is 0 Å². The first-order chi connectivity index (χ1) is 6.74. The molecule has 0 atom stereocenters. The summed E-state index contributed by atoms with van der Waals surface area (Å²) in [7, 11) is 1.69. The van der Waals surface area contributed by atoms with Gasteiger partial charge in [-0.05, 0) is 18.1 Å². The van der Waals surface area contributed by atoms with E-state index in [2.05, 4.69) is 18.9 Å². The molecule has 2 aromatic heterocycles. The van der Waals surface area contributed by atoms with Gasteiger partial charge in [-0.15, -0.1) is 0 Å². The summed E-state index contributed by atoms with van der Waals surface area (Å²) in [5.74, 6) is 1.34. The number of methoxy groups -OCH3 is 1. The molecule has 0 unspecified atom stereocenters. The normalized spacial score (nSPS) is 11.1. The van der Waals surface area contributed by atoms with Crippen molar-refractivity contribution in [2.75, 3.05) is 7.11 Å². The van der Waals surface area contributed by atoms with Crippen molar-refractivity contribution in [2.45, 2.75) is 19.8 Å². The minimum absolute atomic E-state index is 0.462. The van der Waals surface area contributed by atoms with Crippen molar-refractivity contribution in [3.8, 4) is 5.75 Å². The number of pyridine rings is 1. The predicted molar refractivity (Wildman–Crippen MR) is 55.8 cm³/mol. The predicted octanol–water partition coefficient (Wildman–Crippen LogP) is 2.47. The highest BCUT2D eigenvalue weighted by molar-refractivity contribution is 5.65. The average Bonchev–Trinajstić information content (AvgIpc) is 2.60. The maximum Gasteiger partial charge on any atom is 0.144 e. The number of nitrogens with zero attached hydrogens (tertiary/aromatic N) is 2. The SMILES string of the molecule is COc1cccn2ncc(C(C)C)c12. The first kappa shape index (κ1) is 9.06. The van der Waals surface area contributed by atoms with Crippen LogP contribution in [0.15, 0.2) is 24.5 Å². The smallest absolute Gasteiger partial charge is 0.144 e. The summed E-state index contributed by atoms with van der Waals surface area (Å²) in [4.78, 5) is 0. The van der Waals surface area contributed by atoms with Crippen LogP contribution < -0.4 is 4.74 Å².